The highest BCUT2D eigenvalue weighted by molar-refractivity contribution is 5.94. The molecule has 2 nitrogen and oxygen atoms in total. The van der Waals surface area contributed by atoms with Crippen molar-refractivity contribution in [2.75, 3.05) is 0 Å². The van der Waals surface area contributed by atoms with Crippen molar-refractivity contribution in [2.24, 2.45) is 0 Å². The third-order valence-corrected chi connectivity index (χ3v) is 16.9. The third-order valence-electron chi connectivity index (χ3n) is 16.9. The highest BCUT2D eigenvalue weighted by atomic mass is 15.1. The molecule has 0 amide bonds. The zero-order chi connectivity index (χ0) is 49.1. The van der Waals surface area contributed by atoms with Gasteiger partial charge in [-0.15, -0.1) is 0 Å². The van der Waals surface area contributed by atoms with Gasteiger partial charge in [0.05, 0.1) is 21.9 Å². The van der Waals surface area contributed by atoms with Gasteiger partial charge in [-0.3, -0.25) is 0 Å². The van der Waals surface area contributed by atoms with Gasteiger partial charge >= 0.3 is 0 Å². The van der Waals surface area contributed by atoms with Crippen LogP contribution in [0.15, 0.2) is 255 Å². The van der Waals surface area contributed by atoms with Crippen molar-refractivity contribution in [1.29, 1.82) is 0 Å². The van der Waals surface area contributed by atoms with E-state index in [4.69, 9.17) is 0 Å². The van der Waals surface area contributed by atoms with Gasteiger partial charge in [-0.05, 0) is 163 Å². The Hall–Kier alpha value is -8.46. The summed E-state index contributed by atoms with van der Waals surface area (Å²) in [5.74, 6) is 0.218. The van der Waals surface area contributed by atoms with Crippen molar-refractivity contribution in [3.05, 3.63) is 266 Å². The van der Waals surface area contributed by atoms with E-state index in [2.05, 4.69) is 285 Å². The molecule has 0 radical (unpaired) electrons. The molecule has 2 aliphatic rings. The van der Waals surface area contributed by atoms with Gasteiger partial charge < -0.3 is 0 Å². The van der Waals surface area contributed by atoms with Crippen LogP contribution in [0.1, 0.15) is 50.7 Å². The third kappa shape index (κ3) is 7.30. The lowest BCUT2D eigenvalue weighted by atomic mass is 9.53. The van der Waals surface area contributed by atoms with Gasteiger partial charge in [0.15, 0.2) is 24.5 Å². The molecule has 0 spiro atoms. The second-order valence-corrected chi connectivity index (χ2v) is 20.5. The number of rotatable bonds is 9. The van der Waals surface area contributed by atoms with Gasteiger partial charge in [-0.2, -0.15) is 9.13 Å². The van der Waals surface area contributed by atoms with Crippen molar-refractivity contribution in [3.63, 3.8) is 0 Å². The second kappa shape index (κ2) is 18.0. The second-order valence-electron chi connectivity index (χ2n) is 20.5. The first-order chi connectivity index (χ1) is 35.9. The number of hydrogen-bond acceptors (Lipinski definition) is 0. The Balaban J connectivity index is 0.932. The molecule has 0 bridgehead atoms. The van der Waals surface area contributed by atoms with E-state index in [1.165, 1.54) is 111 Å². The van der Waals surface area contributed by atoms with Crippen LogP contribution in [0.4, 0.5) is 0 Å². The molecule has 4 heterocycles. The Labute approximate surface area is 430 Å². The van der Waals surface area contributed by atoms with E-state index in [9.17, 15) is 0 Å². The lowest BCUT2D eigenvalue weighted by Gasteiger charge is -2.51. The van der Waals surface area contributed by atoms with Crippen LogP contribution in [0.3, 0.4) is 0 Å². The zero-order valence-electron chi connectivity index (χ0n) is 41.8. The molecule has 350 valence electrons. The Kier molecular flexibility index (Phi) is 11.0. The van der Waals surface area contributed by atoms with Crippen molar-refractivity contribution in [2.45, 2.75) is 57.0 Å². The fourth-order valence-corrected chi connectivity index (χ4v) is 13.2. The Bertz CT molecular complexity index is 3820. The smallest absolute Gasteiger partial charge is 0.197 e. The van der Waals surface area contributed by atoms with Gasteiger partial charge in [0.2, 0.25) is 11.4 Å². The van der Waals surface area contributed by atoms with E-state index in [0.717, 1.165) is 19.4 Å². The Morgan fingerprint density at radius 3 is 1.51 bits per heavy atom. The summed E-state index contributed by atoms with van der Waals surface area (Å²) >= 11 is 0. The molecule has 3 unspecified atom stereocenters. The highest BCUT2D eigenvalue weighted by Crippen LogP contribution is 2.58. The van der Waals surface area contributed by atoms with Gasteiger partial charge in [-0.1, -0.05) is 172 Å². The molecule has 0 saturated carbocycles. The van der Waals surface area contributed by atoms with Crippen LogP contribution in [0, 0.1) is 0 Å². The summed E-state index contributed by atoms with van der Waals surface area (Å²) < 4.78 is 5.26. The van der Waals surface area contributed by atoms with E-state index in [0.29, 0.717) is 0 Å². The number of aromatic nitrogens is 2. The van der Waals surface area contributed by atoms with Gasteiger partial charge in [0.1, 0.15) is 5.92 Å². The average molecular weight is 939 g/mol. The predicted octanol–water partition coefficient (Wildman–Crippen LogP) is 17.3. The summed E-state index contributed by atoms with van der Waals surface area (Å²) in [6.45, 7) is 8.33. The maximum absolute atomic E-state index is 2.71. The van der Waals surface area contributed by atoms with E-state index >= 15 is 0 Å². The lowest BCUT2D eigenvalue weighted by molar-refractivity contribution is -0.787. The van der Waals surface area contributed by atoms with Crippen molar-refractivity contribution < 1.29 is 9.13 Å². The predicted molar refractivity (Wildman–Crippen MR) is 303 cm³/mol. The van der Waals surface area contributed by atoms with E-state index in [1.54, 1.807) is 0 Å². The van der Waals surface area contributed by atoms with Crippen LogP contribution in [0.25, 0.3) is 100 Å². The molecule has 3 atom stereocenters. The largest absolute Gasteiger partial charge is 0.220 e. The number of benzene rings is 9. The number of hydrogen-bond donors (Lipinski definition) is 0. The molecule has 13 rings (SSSR count). The fraction of sp³-hybridized carbons (Fsp3) is 0.127. The minimum atomic E-state index is -0.261. The van der Waals surface area contributed by atoms with Gasteiger partial charge in [-0.25, -0.2) is 0 Å². The quantitative estimate of drug-likeness (QED) is 0.127. The molecule has 9 aromatic carbocycles. The molecular weight excluding hydrogens is 881 g/mol. The van der Waals surface area contributed by atoms with Crippen LogP contribution in [-0.4, -0.2) is 0 Å². The van der Waals surface area contributed by atoms with Crippen molar-refractivity contribution >= 4 is 10.8 Å². The Morgan fingerprint density at radius 2 is 0.890 bits per heavy atom. The van der Waals surface area contributed by atoms with E-state index in [-0.39, 0.29) is 16.9 Å². The summed E-state index contributed by atoms with van der Waals surface area (Å²) in [7, 11) is 0. The molecule has 0 saturated heterocycles. The van der Waals surface area contributed by atoms with Crippen LogP contribution in [-0.2, 0) is 17.5 Å². The summed E-state index contributed by atoms with van der Waals surface area (Å²) in [5.41, 5.74) is 22.1. The van der Waals surface area contributed by atoms with Crippen LogP contribution in [0.2, 0.25) is 0 Å². The van der Waals surface area contributed by atoms with Crippen molar-refractivity contribution in [1.82, 2.24) is 0 Å². The van der Waals surface area contributed by atoms with E-state index < -0.39 is 0 Å². The number of fused-ring (bicyclic) bond motifs is 8. The van der Waals surface area contributed by atoms with Gasteiger partial charge in [0.25, 0.3) is 0 Å². The summed E-state index contributed by atoms with van der Waals surface area (Å²) in [4.78, 5) is 0. The Morgan fingerprint density at radius 1 is 0.397 bits per heavy atom. The van der Waals surface area contributed by atoms with Crippen LogP contribution >= 0.6 is 0 Å². The molecule has 2 aromatic heterocycles. The van der Waals surface area contributed by atoms with Crippen LogP contribution < -0.4 is 9.13 Å². The van der Waals surface area contributed by atoms with Crippen molar-refractivity contribution in [3.8, 4) is 89.3 Å². The maximum atomic E-state index is 2.71. The highest BCUT2D eigenvalue weighted by Gasteiger charge is 2.65. The van der Waals surface area contributed by atoms with Crippen LogP contribution in [0.5, 0.6) is 0 Å². The molecule has 0 fully saturated rings. The fourth-order valence-electron chi connectivity index (χ4n) is 13.2. The van der Waals surface area contributed by atoms with Gasteiger partial charge in [0, 0.05) is 24.6 Å². The van der Waals surface area contributed by atoms with E-state index in [1.807, 2.05) is 0 Å². The molecule has 0 N–H and O–H groups in total. The first-order valence-electron chi connectivity index (χ1n) is 26.2. The molecule has 11 aromatic rings. The lowest BCUT2D eigenvalue weighted by Crippen LogP contribution is -2.73. The topological polar surface area (TPSA) is 7.76 Å². The summed E-state index contributed by atoms with van der Waals surface area (Å²) in [6.07, 6.45) is 6.71. The SMILES string of the molecule is CCC1(C)c2ccc(-c3cccc(-c4cc(-c5ccccc5)cc(-c5cc(-c6ccccc6)cc(-c6ccccc6)c5)c4)c3)cc2-c2cccc[n+]2C1(CC)C1C[n+]2ccc3ccccc3c2-c2ccccc21. The summed E-state index contributed by atoms with van der Waals surface area (Å²) in [5, 5.41) is 2.60. The monoisotopic (exact) mass is 938 g/mol. The first kappa shape index (κ1) is 44.5. The molecular formula is C71H58N2+2. The molecule has 2 aliphatic heterocycles. The number of nitrogens with zero attached hydrogens (tertiary/aromatic N) is 2. The zero-order valence-corrected chi connectivity index (χ0v) is 41.8. The standard InChI is InChI=1S/C71H58N2/c1-4-70(3)66-36-35-55(47-65(66)68-34-19-20-38-73(68)71(70,5-2)67-48-72-39-37-52-28-15-16-31-62(52)69(72)64-33-18-17-32-63(64)67)53-29-21-30-54(40-53)59-42-58(51-26-13-8-14-27-51)45-61(46-59)60-43-56(49-22-9-6-10-23-49)41-57(44-60)50-24-11-7-12-25-50/h6-47,67H,4-5,48H2,1-3H3/q+2. The first-order valence-corrected chi connectivity index (χ1v) is 26.2. The average Bonchev–Trinajstić information content (AvgIpc) is 3.47. The minimum Gasteiger partial charge on any atom is -0.197 e. The minimum absolute atomic E-state index is 0.199. The molecule has 2 heteroatoms. The normalized spacial score (nSPS) is 17.5. The summed E-state index contributed by atoms with van der Waals surface area (Å²) in [6, 6.07) is 90.5. The molecule has 73 heavy (non-hydrogen) atoms. The number of pyridine rings is 2. The molecule has 0 aliphatic carbocycles. The maximum Gasteiger partial charge on any atom is 0.220 e.